The number of piperidine rings is 1. The van der Waals surface area contributed by atoms with Crippen LogP contribution in [0.15, 0.2) is 40.0 Å². The number of aromatic nitrogens is 1. The minimum absolute atomic E-state index is 0.00840. The lowest BCUT2D eigenvalue weighted by Gasteiger charge is -2.36. The number of thiocarbonyl (C=S) groups is 1. The molecule has 38 heavy (non-hydrogen) atoms. The van der Waals surface area contributed by atoms with Crippen molar-refractivity contribution in [1.29, 1.82) is 5.26 Å². The minimum atomic E-state index is -0.311. The third-order valence-electron chi connectivity index (χ3n) is 7.81. The first kappa shape index (κ1) is 26.7. The Kier molecular flexibility index (Phi) is 8.03. The van der Waals surface area contributed by atoms with E-state index in [0.29, 0.717) is 27.3 Å². The second kappa shape index (κ2) is 11.4. The van der Waals surface area contributed by atoms with Crippen molar-refractivity contribution in [2.24, 2.45) is 13.0 Å². The average Bonchev–Trinajstić information content (AvgIpc) is 3.53. The van der Waals surface area contributed by atoms with E-state index >= 15 is 0 Å². The van der Waals surface area contributed by atoms with Crippen molar-refractivity contribution >= 4 is 46.1 Å². The summed E-state index contributed by atoms with van der Waals surface area (Å²) >= 11 is 6.83. The number of carbonyl (C=O) groups is 1. The van der Waals surface area contributed by atoms with Crippen LogP contribution in [0.5, 0.6) is 0 Å². The number of pyridine rings is 1. The number of rotatable bonds is 6. The van der Waals surface area contributed by atoms with Gasteiger partial charge in [0.05, 0.1) is 17.6 Å². The summed E-state index contributed by atoms with van der Waals surface area (Å²) < 4.78 is 7.81. The molecule has 1 aromatic carbocycles. The number of hydrogen-bond acceptors (Lipinski definition) is 7. The highest BCUT2D eigenvalue weighted by atomic mass is 32.2. The van der Waals surface area contributed by atoms with Gasteiger partial charge in [-0.25, -0.2) is 0 Å². The Morgan fingerprint density at radius 3 is 2.58 bits per heavy atom. The summed E-state index contributed by atoms with van der Waals surface area (Å²) in [5.41, 5.74) is 2.48. The van der Waals surface area contributed by atoms with Crippen LogP contribution in [0.25, 0.3) is 6.08 Å². The summed E-state index contributed by atoms with van der Waals surface area (Å²) in [6.07, 6.45) is 6.81. The number of nitrogens with zero attached hydrogens (tertiary/aromatic N) is 4. The normalized spacial score (nSPS) is 21.5. The number of hydrogen-bond donors (Lipinski definition) is 0. The van der Waals surface area contributed by atoms with Crippen LogP contribution in [0.2, 0.25) is 0 Å². The van der Waals surface area contributed by atoms with Gasteiger partial charge in [-0.15, -0.1) is 0 Å². The zero-order valence-electron chi connectivity index (χ0n) is 21.8. The highest BCUT2D eigenvalue weighted by Gasteiger charge is 2.35. The second-order valence-corrected chi connectivity index (χ2v) is 11.9. The summed E-state index contributed by atoms with van der Waals surface area (Å²) in [5.74, 6) is 1.19. The van der Waals surface area contributed by atoms with Gasteiger partial charge < -0.3 is 9.64 Å². The summed E-state index contributed by atoms with van der Waals surface area (Å²) in [5, 5.41) is 9.77. The molecule has 0 radical (unpaired) electrons. The van der Waals surface area contributed by atoms with E-state index < -0.39 is 0 Å². The van der Waals surface area contributed by atoms with Crippen molar-refractivity contribution in [3.63, 3.8) is 0 Å². The molecule has 198 valence electrons. The molecule has 2 aromatic rings. The molecule has 0 aliphatic carbocycles. The minimum Gasteiger partial charge on any atom is -0.376 e. The fourth-order valence-corrected chi connectivity index (χ4v) is 6.93. The fourth-order valence-electron chi connectivity index (χ4n) is 5.67. The van der Waals surface area contributed by atoms with E-state index in [1.807, 2.05) is 12.1 Å². The first-order valence-electron chi connectivity index (χ1n) is 13.2. The fraction of sp³-hybridized carbons (Fsp3) is 0.448. The smallest absolute Gasteiger partial charge is 0.270 e. The Bertz CT molecular complexity index is 1360. The van der Waals surface area contributed by atoms with Crippen molar-refractivity contribution < 1.29 is 9.53 Å². The molecule has 1 aromatic heterocycles. The number of amides is 1. The van der Waals surface area contributed by atoms with Crippen LogP contribution in [0, 0.1) is 24.2 Å². The van der Waals surface area contributed by atoms with Crippen LogP contribution in [-0.4, -0.2) is 52.0 Å². The highest BCUT2D eigenvalue weighted by molar-refractivity contribution is 8.26. The molecule has 7 nitrogen and oxygen atoms in total. The van der Waals surface area contributed by atoms with Gasteiger partial charge in [0.15, 0.2) is 0 Å². The highest BCUT2D eigenvalue weighted by Crippen LogP contribution is 2.37. The molecule has 3 saturated heterocycles. The Morgan fingerprint density at radius 1 is 1.18 bits per heavy atom. The van der Waals surface area contributed by atoms with Crippen LogP contribution in [0.4, 0.5) is 5.82 Å². The van der Waals surface area contributed by atoms with E-state index in [1.54, 1.807) is 23.4 Å². The number of benzene rings is 1. The number of ether oxygens (including phenoxy) is 1. The van der Waals surface area contributed by atoms with E-state index in [0.717, 1.165) is 63.2 Å². The largest absolute Gasteiger partial charge is 0.376 e. The molecule has 0 bridgehead atoms. The number of anilines is 1. The molecule has 1 atom stereocenters. The van der Waals surface area contributed by atoms with Crippen LogP contribution in [0.1, 0.15) is 47.9 Å². The predicted molar refractivity (Wildman–Crippen MR) is 155 cm³/mol. The Labute approximate surface area is 233 Å². The number of carbonyl (C=O) groups excluding carboxylic acids is 1. The predicted octanol–water partition coefficient (Wildman–Crippen LogP) is 4.40. The summed E-state index contributed by atoms with van der Waals surface area (Å²) in [4.78, 5) is 30.9. The van der Waals surface area contributed by atoms with Gasteiger partial charge in [0.1, 0.15) is 21.8 Å². The van der Waals surface area contributed by atoms with Crippen molar-refractivity contribution in [3.8, 4) is 6.07 Å². The molecule has 0 saturated carbocycles. The number of nitriles is 1. The van der Waals surface area contributed by atoms with Gasteiger partial charge in [0.2, 0.25) is 0 Å². The maximum absolute atomic E-state index is 13.4. The molecule has 3 fully saturated rings. The quantitative estimate of drug-likeness (QED) is 0.391. The zero-order valence-corrected chi connectivity index (χ0v) is 23.4. The summed E-state index contributed by atoms with van der Waals surface area (Å²) in [6, 6.07) is 12.6. The Balaban J connectivity index is 1.44. The lowest BCUT2D eigenvalue weighted by molar-refractivity contribution is -0.123. The van der Waals surface area contributed by atoms with E-state index in [9.17, 15) is 14.9 Å². The second-order valence-electron chi connectivity index (χ2n) is 10.3. The Hall–Kier alpha value is -2.93. The molecule has 0 spiro atoms. The Morgan fingerprint density at radius 2 is 1.92 bits per heavy atom. The molecule has 0 unspecified atom stereocenters. The molecule has 1 amide bonds. The third-order valence-corrected chi connectivity index (χ3v) is 9.19. The molecule has 3 aliphatic rings. The lowest BCUT2D eigenvalue weighted by atomic mass is 9.90. The van der Waals surface area contributed by atoms with Crippen molar-refractivity contribution in [3.05, 3.63) is 67.8 Å². The third kappa shape index (κ3) is 5.31. The monoisotopic (exact) mass is 548 g/mol. The van der Waals surface area contributed by atoms with Crippen LogP contribution < -0.4 is 10.5 Å². The van der Waals surface area contributed by atoms with Gasteiger partial charge in [-0.3, -0.25) is 19.1 Å². The topological polar surface area (TPSA) is 78.6 Å². The standard InChI is InChI=1S/C29H32N4O3S2/c1-19-23(16-25-28(35)33(29(37)38-25)18-22-9-6-14-36-22)26(31(2)27(34)24(19)17-30)32-12-10-21(11-13-32)15-20-7-4-3-5-8-20/h3-5,7-8,16,21-22H,6,9-15,18H2,1-2H3/b25-16-/t22-/m0/s1. The molecule has 4 heterocycles. The molecule has 5 rings (SSSR count). The SMILES string of the molecule is Cc1c(/C=C2\SC(=S)N(C[C@@H]3CCCO3)C2=O)c(N2CCC(Cc3ccccc3)CC2)n(C)c(=O)c1C#N. The molecular formula is C29H32N4O3S2. The van der Waals surface area contributed by atoms with E-state index in [4.69, 9.17) is 17.0 Å². The number of thioether (sulfide) groups is 1. The van der Waals surface area contributed by atoms with E-state index in [2.05, 4.69) is 35.2 Å². The summed E-state index contributed by atoms with van der Waals surface area (Å²) in [6.45, 7) is 4.58. The van der Waals surface area contributed by atoms with E-state index in [-0.39, 0.29) is 23.1 Å². The average molecular weight is 549 g/mol. The van der Waals surface area contributed by atoms with E-state index in [1.165, 1.54) is 17.3 Å². The molecule has 9 heteroatoms. The van der Waals surface area contributed by atoms with Crippen molar-refractivity contribution in [1.82, 2.24) is 9.47 Å². The maximum Gasteiger partial charge on any atom is 0.270 e. The zero-order chi connectivity index (χ0) is 26.8. The van der Waals surface area contributed by atoms with Crippen molar-refractivity contribution in [2.45, 2.75) is 45.1 Å². The molecule has 3 aliphatic heterocycles. The first-order valence-corrected chi connectivity index (χ1v) is 14.4. The van der Waals surface area contributed by atoms with Gasteiger partial charge in [-0.2, -0.15) is 5.26 Å². The maximum atomic E-state index is 13.4. The molecular weight excluding hydrogens is 516 g/mol. The van der Waals surface area contributed by atoms with Crippen LogP contribution >= 0.6 is 24.0 Å². The van der Waals surface area contributed by atoms with Crippen molar-refractivity contribution in [2.75, 3.05) is 31.1 Å². The van der Waals surface area contributed by atoms with Crippen LogP contribution in [-0.2, 0) is 23.0 Å². The first-order chi connectivity index (χ1) is 18.4. The molecule has 0 N–H and O–H groups in total. The van der Waals surface area contributed by atoms with Crippen LogP contribution in [0.3, 0.4) is 0 Å². The summed E-state index contributed by atoms with van der Waals surface area (Å²) in [7, 11) is 1.72. The van der Waals surface area contributed by atoms with Gasteiger partial charge in [0.25, 0.3) is 11.5 Å². The van der Waals surface area contributed by atoms with Gasteiger partial charge in [0, 0.05) is 32.3 Å². The van der Waals surface area contributed by atoms with Gasteiger partial charge in [-0.05, 0) is 62.1 Å². The lowest BCUT2D eigenvalue weighted by Crippen LogP contribution is -2.39. The van der Waals surface area contributed by atoms with Gasteiger partial charge >= 0.3 is 0 Å². The van der Waals surface area contributed by atoms with Gasteiger partial charge in [-0.1, -0.05) is 54.3 Å².